The van der Waals surface area contributed by atoms with E-state index in [4.69, 9.17) is 11.6 Å². The van der Waals surface area contributed by atoms with E-state index in [0.29, 0.717) is 10.7 Å². The molecule has 0 heterocycles. The van der Waals surface area contributed by atoms with Crippen LogP contribution in [0.3, 0.4) is 0 Å². The van der Waals surface area contributed by atoms with Gasteiger partial charge in [-0.25, -0.2) is 8.42 Å². The minimum absolute atomic E-state index is 0.361. The number of nitrogens with zero attached hydrogens (tertiary/aromatic N) is 1. The van der Waals surface area contributed by atoms with E-state index in [-0.39, 0.29) is 0 Å². The number of halogens is 1. The number of benzene rings is 2. The van der Waals surface area contributed by atoms with Crippen molar-refractivity contribution in [3.63, 3.8) is 0 Å². The Kier molecular flexibility index (Phi) is 7.12. The first kappa shape index (κ1) is 22.2. The second kappa shape index (κ2) is 8.97. The molecule has 2 aromatic rings. The predicted molar refractivity (Wildman–Crippen MR) is 117 cm³/mol. The predicted octanol–water partition coefficient (Wildman–Crippen LogP) is 4.57. The second-order valence-electron chi connectivity index (χ2n) is 6.82. The number of rotatable bonds is 7. The third-order valence-corrected chi connectivity index (χ3v) is 6.39. The summed E-state index contributed by atoms with van der Waals surface area (Å²) in [6.45, 7) is 7.45. The smallest absolute Gasteiger partial charge is 0.248 e. The van der Waals surface area contributed by atoms with Gasteiger partial charge in [-0.15, -0.1) is 0 Å². The number of aryl methyl sites for hydroxylation is 3. The summed E-state index contributed by atoms with van der Waals surface area (Å²) in [4.78, 5) is 13.0. The van der Waals surface area contributed by atoms with Gasteiger partial charge in [0.2, 0.25) is 15.9 Å². The summed E-state index contributed by atoms with van der Waals surface area (Å²) in [5, 5.41) is 3.40. The summed E-state index contributed by atoms with van der Waals surface area (Å²) in [7, 11) is -3.70. The minimum atomic E-state index is -3.70. The number of hydrogen-bond donors (Lipinski definition) is 1. The van der Waals surface area contributed by atoms with Gasteiger partial charge in [0.05, 0.1) is 11.9 Å². The Morgan fingerprint density at radius 1 is 1.14 bits per heavy atom. The molecule has 0 radical (unpaired) electrons. The highest BCUT2D eigenvalue weighted by atomic mass is 35.5. The fraction of sp³-hybridized carbons (Fsp3) is 0.381. The molecule has 0 aliphatic rings. The summed E-state index contributed by atoms with van der Waals surface area (Å²) in [6.07, 6.45) is 2.62. The number of carbonyl (C=O) groups excluding carboxylic acids is 1. The normalized spacial score (nSPS) is 12.5. The van der Waals surface area contributed by atoms with Crippen LogP contribution in [0.15, 0.2) is 36.4 Å². The molecule has 0 aromatic heterocycles. The zero-order valence-corrected chi connectivity index (χ0v) is 18.5. The molecule has 1 amide bonds. The number of anilines is 2. The first-order chi connectivity index (χ1) is 13.1. The maximum atomic E-state index is 13.0. The van der Waals surface area contributed by atoms with Crippen LogP contribution in [0.1, 0.15) is 37.5 Å². The third kappa shape index (κ3) is 4.86. The maximum absolute atomic E-state index is 13.0. The molecule has 1 N–H and O–H groups in total. The minimum Gasteiger partial charge on any atom is -0.324 e. The fourth-order valence-corrected chi connectivity index (χ4v) is 4.50. The highest BCUT2D eigenvalue weighted by molar-refractivity contribution is 7.92. The van der Waals surface area contributed by atoms with Crippen LogP contribution in [-0.2, 0) is 27.7 Å². The van der Waals surface area contributed by atoms with Crippen LogP contribution in [0.2, 0.25) is 5.02 Å². The number of nitrogens with one attached hydrogen (secondary N) is 1. The average Bonchev–Trinajstić information content (AvgIpc) is 2.63. The largest absolute Gasteiger partial charge is 0.324 e. The summed E-state index contributed by atoms with van der Waals surface area (Å²) in [5.74, 6) is -0.391. The molecule has 0 spiro atoms. The number of hydrogen-bond acceptors (Lipinski definition) is 3. The molecule has 28 heavy (non-hydrogen) atoms. The van der Waals surface area contributed by atoms with Crippen molar-refractivity contribution >= 4 is 38.9 Å². The zero-order valence-electron chi connectivity index (χ0n) is 16.9. The lowest BCUT2D eigenvalue weighted by Gasteiger charge is -2.29. The van der Waals surface area contributed by atoms with Crippen molar-refractivity contribution in [3.05, 3.63) is 58.1 Å². The standard InChI is InChI=1S/C21H27ClN2O3S/c1-6-16-9-8-10-17(7-2)20(16)23-21(25)15(4)24(28(5,26)27)18-12-11-14(3)19(22)13-18/h8-13,15H,6-7H2,1-5H3,(H,23,25)/t15-/m1/s1. The Morgan fingerprint density at radius 3 is 2.18 bits per heavy atom. The van der Waals surface area contributed by atoms with Crippen LogP contribution in [0.25, 0.3) is 0 Å². The van der Waals surface area contributed by atoms with Gasteiger partial charge in [-0.3, -0.25) is 9.10 Å². The van der Waals surface area contributed by atoms with E-state index in [9.17, 15) is 13.2 Å². The van der Waals surface area contributed by atoms with E-state index >= 15 is 0 Å². The van der Waals surface area contributed by atoms with Gasteiger partial charge < -0.3 is 5.32 Å². The Labute approximate surface area is 172 Å². The molecule has 0 saturated heterocycles. The molecule has 5 nitrogen and oxygen atoms in total. The van der Waals surface area contributed by atoms with E-state index in [1.54, 1.807) is 25.1 Å². The third-order valence-electron chi connectivity index (χ3n) is 4.75. The van der Waals surface area contributed by atoms with Crippen LogP contribution in [-0.4, -0.2) is 26.6 Å². The van der Waals surface area contributed by atoms with Crippen LogP contribution >= 0.6 is 11.6 Å². The van der Waals surface area contributed by atoms with Gasteiger partial charge in [-0.1, -0.05) is 49.7 Å². The summed E-state index contributed by atoms with van der Waals surface area (Å²) in [6, 6.07) is 9.92. The molecule has 0 aliphatic heterocycles. The Balaban J connectivity index is 2.42. The van der Waals surface area contributed by atoms with Crippen molar-refractivity contribution in [2.45, 2.75) is 46.6 Å². The van der Waals surface area contributed by atoms with Crippen LogP contribution in [0, 0.1) is 6.92 Å². The summed E-state index contributed by atoms with van der Waals surface area (Å²) in [5.41, 5.74) is 3.99. The first-order valence-corrected chi connectivity index (χ1v) is 11.5. The van der Waals surface area contributed by atoms with E-state index in [0.717, 1.165) is 45.8 Å². The Morgan fingerprint density at radius 2 is 1.71 bits per heavy atom. The lowest BCUT2D eigenvalue weighted by atomic mass is 10.0. The van der Waals surface area contributed by atoms with Crippen molar-refractivity contribution in [2.24, 2.45) is 0 Å². The Bertz CT molecular complexity index is 951. The monoisotopic (exact) mass is 422 g/mol. The molecule has 2 aromatic carbocycles. The van der Waals surface area contributed by atoms with Crippen LogP contribution < -0.4 is 9.62 Å². The quantitative estimate of drug-likeness (QED) is 0.710. The van der Waals surface area contributed by atoms with Gasteiger partial charge in [0.15, 0.2) is 0 Å². The lowest BCUT2D eigenvalue weighted by Crippen LogP contribution is -2.45. The summed E-state index contributed by atoms with van der Waals surface area (Å²) >= 11 is 6.18. The fourth-order valence-electron chi connectivity index (χ4n) is 3.16. The first-order valence-electron chi connectivity index (χ1n) is 9.27. The van der Waals surface area contributed by atoms with E-state index < -0.39 is 22.0 Å². The molecule has 1 atom stereocenters. The van der Waals surface area contributed by atoms with E-state index in [2.05, 4.69) is 5.32 Å². The molecule has 0 unspecified atom stereocenters. The number of sulfonamides is 1. The second-order valence-corrected chi connectivity index (χ2v) is 9.08. The van der Waals surface area contributed by atoms with Crippen molar-refractivity contribution in [1.82, 2.24) is 0 Å². The zero-order chi connectivity index (χ0) is 21.1. The van der Waals surface area contributed by atoms with Gasteiger partial charge in [0.1, 0.15) is 6.04 Å². The molecular weight excluding hydrogens is 396 g/mol. The Hall–Kier alpha value is -2.05. The SMILES string of the molecule is CCc1cccc(CC)c1NC(=O)[C@@H](C)N(c1ccc(C)c(Cl)c1)S(C)(=O)=O. The molecule has 0 aliphatic carbocycles. The molecular formula is C21H27ClN2O3S. The van der Waals surface area contributed by atoms with Crippen molar-refractivity contribution in [3.8, 4) is 0 Å². The molecule has 7 heteroatoms. The van der Waals surface area contributed by atoms with Crippen molar-refractivity contribution in [2.75, 3.05) is 15.9 Å². The average molecular weight is 423 g/mol. The van der Waals surface area contributed by atoms with E-state index in [1.165, 1.54) is 0 Å². The van der Waals surface area contributed by atoms with Gasteiger partial charge in [0, 0.05) is 10.7 Å². The van der Waals surface area contributed by atoms with Gasteiger partial charge in [-0.2, -0.15) is 0 Å². The van der Waals surface area contributed by atoms with Crippen LogP contribution in [0.4, 0.5) is 11.4 Å². The highest BCUT2D eigenvalue weighted by Gasteiger charge is 2.30. The molecule has 2 rings (SSSR count). The maximum Gasteiger partial charge on any atom is 0.248 e. The van der Waals surface area contributed by atoms with Gasteiger partial charge >= 0.3 is 0 Å². The van der Waals surface area contributed by atoms with Gasteiger partial charge in [0.25, 0.3) is 0 Å². The van der Waals surface area contributed by atoms with Crippen molar-refractivity contribution < 1.29 is 13.2 Å². The topological polar surface area (TPSA) is 66.5 Å². The lowest BCUT2D eigenvalue weighted by molar-refractivity contribution is -0.116. The number of amides is 1. The van der Waals surface area contributed by atoms with Crippen LogP contribution in [0.5, 0.6) is 0 Å². The molecule has 0 fully saturated rings. The summed E-state index contributed by atoms with van der Waals surface area (Å²) < 4.78 is 26.1. The van der Waals surface area contributed by atoms with E-state index in [1.807, 2.05) is 39.0 Å². The molecule has 0 bridgehead atoms. The number of carbonyl (C=O) groups is 1. The van der Waals surface area contributed by atoms with Crippen molar-refractivity contribution in [1.29, 1.82) is 0 Å². The number of para-hydroxylation sites is 1. The molecule has 0 saturated carbocycles. The van der Waals surface area contributed by atoms with Gasteiger partial charge in [-0.05, 0) is 55.5 Å². The molecule has 152 valence electrons. The highest BCUT2D eigenvalue weighted by Crippen LogP contribution is 2.28.